The fourth-order valence-electron chi connectivity index (χ4n) is 1.21. The van der Waals surface area contributed by atoms with E-state index in [0.29, 0.717) is 9.32 Å². The van der Waals surface area contributed by atoms with Crippen LogP contribution in [0, 0.1) is 3.57 Å². The van der Waals surface area contributed by atoms with Gasteiger partial charge in [-0.25, -0.2) is 4.98 Å². The molecule has 2 rings (SSSR count). The largest absolute Gasteiger partial charge is 0.438 e. The van der Waals surface area contributed by atoms with Crippen molar-refractivity contribution in [3.8, 4) is 11.6 Å². The molecule has 0 saturated carbocycles. The molecule has 0 amide bonds. The Morgan fingerprint density at radius 2 is 2.06 bits per heavy atom. The monoisotopic (exact) mass is 344 g/mol. The highest BCUT2D eigenvalue weighted by Crippen LogP contribution is 2.21. The molecule has 0 unspecified atom stereocenters. The summed E-state index contributed by atoms with van der Waals surface area (Å²) in [7, 11) is 0. The number of halogens is 1. The first kappa shape index (κ1) is 12.1. The number of nitrogens with one attached hydrogen (secondary N) is 1. The van der Waals surface area contributed by atoms with E-state index in [1.807, 2.05) is 22.6 Å². The van der Waals surface area contributed by atoms with Crippen LogP contribution in [-0.4, -0.2) is 15.1 Å². The molecule has 2 aromatic rings. The SMILES string of the molecule is O=c1[nH]cnc(Oc2ccc(CO)cc2)c1I. The summed E-state index contributed by atoms with van der Waals surface area (Å²) in [5.41, 5.74) is 0.563. The van der Waals surface area contributed by atoms with Crippen molar-refractivity contribution in [2.24, 2.45) is 0 Å². The van der Waals surface area contributed by atoms with E-state index in [1.165, 1.54) is 6.33 Å². The Kier molecular flexibility index (Phi) is 3.75. The first-order valence-corrected chi connectivity index (χ1v) is 5.89. The van der Waals surface area contributed by atoms with Gasteiger partial charge in [0.1, 0.15) is 9.32 Å². The van der Waals surface area contributed by atoms with Crippen LogP contribution in [0.5, 0.6) is 11.6 Å². The van der Waals surface area contributed by atoms with Gasteiger partial charge in [0.05, 0.1) is 12.9 Å². The summed E-state index contributed by atoms with van der Waals surface area (Å²) in [5.74, 6) is 0.837. The summed E-state index contributed by atoms with van der Waals surface area (Å²) in [6, 6.07) is 6.92. The molecular weight excluding hydrogens is 335 g/mol. The average molecular weight is 344 g/mol. The number of aromatic nitrogens is 2. The summed E-state index contributed by atoms with van der Waals surface area (Å²) in [6.45, 7) is -0.0128. The van der Waals surface area contributed by atoms with E-state index in [2.05, 4.69) is 9.97 Å². The van der Waals surface area contributed by atoms with Crippen LogP contribution in [0.2, 0.25) is 0 Å². The number of H-pyrrole nitrogens is 1. The second kappa shape index (κ2) is 5.28. The van der Waals surface area contributed by atoms with Crippen molar-refractivity contribution in [3.05, 3.63) is 50.1 Å². The van der Waals surface area contributed by atoms with Gasteiger partial charge in [0, 0.05) is 0 Å². The highest BCUT2D eigenvalue weighted by molar-refractivity contribution is 14.1. The van der Waals surface area contributed by atoms with Crippen molar-refractivity contribution in [1.29, 1.82) is 0 Å². The number of aliphatic hydroxyl groups excluding tert-OH is 1. The average Bonchev–Trinajstić information content (AvgIpc) is 2.36. The maximum atomic E-state index is 11.3. The molecule has 88 valence electrons. The summed E-state index contributed by atoms with van der Waals surface area (Å²) in [6.07, 6.45) is 1.29. The Morgan fingerprint density at radius 1 is 1.35 bits per heavy atom. The van der Waals surface area contributed by atoms with Crippen molar-refractivity contribution in [2.75, 3.05) is 0 Å². The Hall–Kier alpha value is -1.41. The van der Waals surface area contributed by atoms with E-state index in [-0.39, 0.29) is 18.0 Å². The summed E-state index contributed by atoms with van der Waals surface area (Å²) in [5, 5.41) is 8.90. The van der Waals surface area contributed by atoms with Crippen molar-refractivity contribution in [3.63, 3.8) is 0 Å². The molecule has 0 aliphatic carbocycles. The maximum Gasteiger partial charge on any atom is 0.268 e. The van der Waals surface area contributed by atoms with Crippen LogP contribution in [0.4, 0.5) is 0 Å². The predicted molar refractivity (Wildman–Crippen MR) is 70.0 cm³/mol. The molecule has 0 radical (unpaired) electrons. The number of rotatable bonds is 3. The molecule has 0 saturated heterocycles. The molecule has 1 aromatic heterocycles. The van der Waals surface area contributed by atoms with Gasteiger partial charge in [0.2, 0.25) is 5.88 Å². The number of hydrogen-bond acceptors (Lipinski definition) is 4. The van der Waals surface area contributed by atoms with Gasteiger partial charge < -0.3 is 14.8 Å². The van der Waals surface area contributed by atoms with Gasteiger partial charge in [-0.05, 0) is 40.3 Å². The van der Waals surface area contributed by atoms with E-state index < -0.39 is 0 Å². The van der Waals surface area contributed by atoms with E-state index in [4.69, 9.17) is 9.84 Å². The van der Waals surface area contributed by atoms with E-state index in [1.54, 1.807) is 24.3 Å². The fourth-order valence-corrected chi connectivity index (χ4v) is 1.62. The molecular formula is C11H9IN2O3. The molecule has 0 fully saturated rings. The minimum Gasteiger partial charge on any atom is -0.438 e. The van der Waals surface area contributed by atoms with Gasteiger partial charge in [-0.3, -0.25) is 4.79 Å². The Labute approximate surface area is 111 Å². The van der Waals surface area contributed by atoms with Crippen molar-refractivity contribution in [1.82, 2.24) is 9.97 Å². The van der Waals surface area contributed by atoms with Crippen LogP contribution in [-0.2, 0) is 6.61 Å². The standard InChI is InChI=1S/C11H9IN2O3/c12-9-10(16)13-6-14-11(9)17-8-3-1-7(5-15)2-4-8/h1-4,6,15H,5H2,(H,13,14,16). The molecule has 2 N–H and O–H groups in total. The minimum atomic E-state index is -0.234. The molecule has 17 heavy (non-hydrogen) atoms. The number of benzene rings is 1. The van der Waals surface area contributed by atoms with Crippen LogP contribution in [0.3, 0.4) is 0 Å². The van der Waals surface area contributed by atoms with Gasteiger partial charge in [-0.15, -0.1) is 0 Å². The van der Waals surface area contributed by atoms with Gasteiger partial charge in [-0.2, -0.15) is 0 Å². The molecule has 0 bridgehead atoms. The van der Waals surface area contributed by atoms with E-state index >= 15 is 0 Å². The quantitative estimate of drug-likeness (QED) is 0.831. The number of hydrogen-bond donors (Lipinski definition) is 2. The normalized spacial score (nSPS) is 10.2. The summed E-state index contributed by atoms with van der Waals surface area (Å²) in [4.78, 5) is 17.7. The first-order valence-electron chi connectivity index (χ1n) is 4.81. The lowest BCUT2D eigenvalue weighted by atomic mass is 10.2. The molecule has 1 aromatic carbocycles. The summed E-state index contributed by atoms with van der Waals surface area (Å²) < 4.78 is 5.87. The van der Waals surface area contributed by atoms with E-state index in [0.717, 1.165) is 5.56 Å². The molecule has 6 heteroatoms. The van der Waals surface area contributed by atoms with Crippen molar-refractivity contribution >= 4 is 22.6 Å². The lowest BCUT2D eigenvalue weighted by Crippen LogP contribution is -2.11. The molecule has 0 aliphatic heterocycles. The minimum absolute atomic E-state index is 0.0128. The van der Waals surface area contributed by atoms with Gasteiger partial charge >= 0.3 is 0 Å². The highest BCUT2D eigenvalue weighted by atomic mass is 127. The predicted octanol–water partition coefficient (Wildman–Crippen LogP) is 1.66. The molecule has 1 heterocycles. The fraction of sp³-hybridized carbons (Fsp3) is 0.0909. The van der Waals surface area contributed by atoms with Crippen LogP contribution >= 0.6 is 22.6 Å². The molecule has 0 atom stereocenters. The second-order valence-electron chi connectivity index (χ2n) is 3.25. The first-order chi connectivity index (χ1) is 8.20. The van der Waals surface area contributed by atoms with Crippen LogP contribution in [0.1, 0.15) is 5.56 Å². The molecule has 0 aliphatic rings. The highest BCUT2D eigenvalue weighted by Gasteiger charge is 2.07. The van der Waals surface area contributed by atoms with Crippen LogP contribution < -0.4 is 10.3 Å². The van der Waals surface area contributed by atoms with Gasteiger partial charge in [0.25, 0.3) is 5.56 Å². The Balaban J connectivity index is 2.25. The zero-order chi connectivity index (χ0) is 12.3. The topological polar surface area (TPSA) is 75.2 Å². The second-order valence-corrected chi connectivity index (χ2v) is 4.33. The zero-order valence-corrected chi connectivity index (χ0v) is 10.8. The smallest absolute Gasteiger partial charge is 0.268 e. The summed E-state index contributed by atoms with van der Waals surface area (Å²) >= 11 is 1.87. The third-order valence-corrected chi connectivity index (χ3v) is 3.04. The molecule has 0 spiro atoms. The van der Waals surface area contributed by atoms with Crippen molar-refractivity contribution < 1.29 is 9.84 Å². The van der Waals surface area contributed by atoms with Crippen molar-refractivity contribution in [2.45, 2.75) is 6.61 Å². The third-order valence-electron chi connectivity index (χ3n) is 2.09. The Bertz CT molecular complexity index is 566. The number of aromatic amines is 1. The van der Waals surface area contributed by atoms with Gasteiger partial charge in [-0.1, -0.05) is 12.1 Å². The lowest BCUT2D eigenvalue weighted by molar-refractivity contribution is 0.281. The van der Waals surface area contributed by atoms with E-state index in [9.17, 15) is 4.79 Å². The third kappa shape index (κ3) is 2.83. The lowest BCUT2D eigenvalue weighted by Gasteiger charge is -2.05. The Morgan fingerprint density at radius 3 is 2.71 bits per heavy atom. The zero-order valence-electron chi connectivity index (χ0n) is 8.68. The maximum absolute atomic E-state index is 11.3. The van der Waals surface area contributed by atoms with Crippen LogP contribution in [0.25, 0.3) is 0 Å². The molecule has 5 nitrogen and oxygen atoms in total. The number of nitrogens with zero attached hydrogens (tertiary/aromatic N) is 1. The number of aliphatic hydroxyl groups is 1. The number of ether oxygens (including phenoxy) is 1. The van der Waals surface area contributed by atoms with Gasteiger partial charge in [0.15, 0.2) is 0 Å². The van der Waals surface area contributed by atoms with Crippen LogP contribution in [0.15, 0.2) is 35.4 Å².